The highest BCUT2D eigenvalue weighted by atomic mass is 16.6. The van der Waals surface area contributed by atoms with Crippen LogP contribution in [0.4, 0.5) is 0 Å². The van der Waals surface area contributed by atoms with Gasteiger partial charge in [-0.15, -0.1) is 0 Å². The molecule has 17 heavy (non-hydrogen) atoms. The van der Waals surface area contributed by atoms with Gasteiger partial charge in [-0.05, 0) is 26.7 Å². The number of nitrogens with one attached hydrogen (secondary N) is 1. The van der Waals surface area contributed by atoms with Crippen molar-refractivity contribution >= 4 is 0 Å². The molecule has 4 heteroatoms. The second-order valence-electron chi connectivity index (χ2n) is 5.40. The molecule has 0 saturated carbocycles. The Kier molecular flexibility index (Phi) is 4.79. The molecule has 0 amide bonds. The Morgan fingerprint density at radius 2 is 2.29 bits per heavy atom. The first-order valence-electron chi connectivity index (χ1n) is 6.77. The summed E-state index contributed by atoms with van der Waals surface area (Å²) >= 11 is 0. The van der Waals surface area contributed by atoms with Crippen molar-refractivity contribution < 1.29 is 14.2 Å². The first-order chi connectivity index (χ1) is 8.20. The molecule has 0 aromatic carbocycles. The van der Waals surface area contributed by atoms with Crippen LogP contribution in [-0.2, 0) is 14.2 Å². The fraction of sp³-hybridized carbons (Fsp3) is 1.00. The van der Waals surface area contributed by atoms with Crippen molar-refractivity contribution in [3.05, 3.63) is 0 Å². The van der Waals surface area contributed by atoms with Crippen molar-refractivity contribution in [1.82, 2.24) is 5.32 Å². The van der Waals surface area contributed by atoms with Gasteiger partial charge in [0, 0.05) is 32.2 Å². The van der Waals surface area contributed by atoms with Gasteiger partial charge in [-0.25, -0.2) is 0 Å². The average Bonchev–Trinajstić information content (AvgIpc) is 2.73. The van der Waals surface area contributed by atoms with Crippen LogP contribution in [0, 0.1) is 0 Å². The van der Waals surface area contributed by atoms with Crippen LogP contribution in [0.15, 0.2) is 0 Å². The van der Waals surface area contributed by atoms with Gasteiger partial charge >= 0.3 is 0 Å². The number of hydrogen-bond acceptors (Lipinski definition) is 4. The van der Waals surface area contributed by atoms with E-state index >= 15 is 0 Å². The van der Waals surface area contributed by atoms with Crippen LogP contribution in [0.25, 0.3) is 0 Å². The lowest BCUT2D eigenvalue weighted by Crippen LogP contribution is -2.48. The topological polar surface area (TPSA) is 39.7 Å². The van der Waals surface area contributed by atoms with Gasteiger partial charge in [-0.2, -0.15) is 0 Å². The molecule has 0 aliphatic carbocycles. The van der Waals surface area contributed by atoms with Crippen molar-refractivity contribution in [2.45, 2.75) is 50.9 Å². The summed E-state index contributed by atoms with van der Waals surface area (Å²) in [5.41, 5.74) is 0.00875. The second-order valence-corrected chi connectivity index (χ2v) is 5.40. The molecule has 2 aliphatic rings. The lowest BCUT2D eigenvalue weighted by atomic mass is 9.90. The van der Waals surface area contributed by atoms with E-state index in [0.717, 1.165) is 52.2 Å². The zero-order valence-electron chi connectivity index (χ0n) is 11.0. The third kappa shape index (κ3) is 3.91. The molecular formula is C13H25NO3. The Morgan fingerprint density at radius 3 is 3.00 bits per heavy atom. The molecule has 0 aromatic heterocycles. The Labute approximate surface area is 104 Å². The van der Waals surface area contributed by atoms with E-state index in [1.54, 1.807) is 0 Å². The predicted molar refractivity (Wildman–Crippen MR) is 66.2 cm³/mol. The number of rotatable bonds is 5. The number of ether oxygens (including phenoxy) is 3. The van der Waals surface area contributed by atoms with Crippen LogP contribution >= 0.6 is 0 Å². The maximum absolute atomic E-state index is 5.90. The molecule has 2 atom stereocenters. The summed E-state index contributed by atoms with van der Waals surface area (Å²) in [6.45, 7) is 8.33. The van der Waals surface area contributed by atoms with Gasteiger partial charge in [0.25, 0.3) is 0 Å². The molecular weight excluding hydrogens is 218 g/mol. The van der Waals surface area contributed by atoms with Crippen molar-refractivity contribution in [3.8, 4) is 0 Å². The van der Waals surface area contributed by atoms with Crippen LogP contribution in [-0.4, -0.2) is 50.7 Å². The highest BCUT2D eigenvalue weighted by Gasteiger charge is 2.40. The van der Waals surface area contributed by atoms with Crippen molar-refractivity contribution in [3.63, 3.8) is 0 Å². The minimum Gasteiger partial charge on any atom is -0.378 e. The average molecular weight is 243 g/mol. The first kappa shape index (κ1) is 13.3. The molecule has 2 heterocycles. The van der Waals surface area contributed by atoms with E-state index in [0.29, 0.717) is 12.1 Å². The fourth-order valence-corrected chi connectivity index (χ4v) is 2.62. The Bertz CT molecular complexity index is 227. The van der Waals surface area contributed by atoms with Crippen molar-refractivity contribution in [2.24, 2.45) is 0 Å². The monoisotopic (exact) mass is 243 g/mol. The summed E-state index contributed by atoms with van der Waals surface area (Å²) < 4.78 is 16.9. The van der Waals surface area contributed by atoms with E-state index in [1.807, 2.05) is 0 Å². The molecule has 1 N–H and O–H groups in total. The smallest absolute Gasteiger partial charge is 0.0951 e. The predicted octanol–water partition coefficient (Wildman–Crippen LogP) is 1.34. The zero-order valence-corrected chi connectivity index (χ0v) is 11.0. The standard InChI is InChI=1S/C13H25NO3/c1-11(2)16-8-5-14-12-3-6-17-13(9-12)4-7-15-10-13/h11-12,14H,3-10H2,1-2H3. The molecule has 2 aliphatic heterocycles. The highest BCUT2D eigenvalue weighted by Crippen LogP contribution is 2.32. The summed E-state index contributed by atoms with van der Waals surface area (Å²) in [5.74, 6) is 0. The maximum Gasteiger partial charge on any atom is 0.0951 e. The molecule has 2 saturated heterocycles. The summed E-state index contributed by atoms with van der Waals surface area (Å²) in [6, 6.07) is 0.557. The Morgan fingerprint density at radius 1 is 1.41 bits per heavy atom. The summed E-state index contributed by atoms with van der Waals surface area (Å²) in [7, 11) is 0. The van der Waals surface area contributed by atoms with E-state index in [1.165, 1.54) is 0 Å². The van der Waals surface area contributed by atoms with Crippen molar-refractivity contribution in [1.29, 1.82) is 0 Å². The molecule has 2 unspecified atom stereocenters. The second kappa shape index (κ2) is 6.14. The maximum atomic E-state index is 5.90. The van der Waals surface area contributed by atoms with Gasteiger partial charge in [0.05, 0.1) is 24.9 Å². The van der Waals surface area contributed by atoms with Gasteiger partial charge in [-0.3, -0.25) is 0 Å². The molecule has 0 bridgehead atoms. The third-order valence-corrected chi connectivity index (χ3v) is 3.55. The molecule has 100 valence electrons. The normalized spacial score (nSPS) is 33.7. The minimum atomic E-state index is 0.00875. The lowest BCUT2D eigenvalue weighted by molar-refractivity contribution is -0.0898. The quantitative estimate of drug-likeness (QED) is 0.740. The van der Waals surface area contributed by atoms with Crippen molar-refractivity contribution in [2.75, 3.05) is 33.0 Å². The molecule has 2 rings (SSSR count). The summed E-state index contributed by atoms with van der Waals surface area (Å²) in [4.78, 5) is 0. The van der Waals surface area contributed by atoms with E-state index in [-0.39, 0.29) is 5.60 Å². The zero-order chi connectivity index (χ0) is 12.1. The number of hydrogen-bond donors (Lipinski definition) is 1. The van der Waals surface area contributed by atoms with E-state index < -0.39 is 0 Å². The van der Waals surface area contributed by atoms with Gasteiger partial charge in [-0.1, -0.05) is 0 Å². The first-order valence-corrected chi connectivity index (χ1v) is 6.77. The third-order valence-electron chi connectivity index (χ3n) is 3.55. The van der Waals surface area contributed by atoms with Gasteiger partial charge in [0.1, 0.15) is 0 Å². The highest BCUT2D eigenvalue weighted by molar-refractivity contribution is 4.92. The van der Waals surface area contributed by atoms with Crippen LogP contribution < -0.4 is 5.32 Å². The largest absolute Gasteiger partial charge is 0.378 e. The van der Waals surface area contributed by atoms with E-state index in [2.05, 4.69) is 19.2 Å². The van der Waals surface area contributed by atoms with Crippen LogP contribution in [0.3, 0.4) is 0 Å². The SMILES string of the molecule is CC(C)OCCNC1CCOC2(CCOC2)C1. The lowest BCUT2D eigenvalue weighted by Gasteiger charge is -2.37. The van der Waals surface area contributed by atoms with Gasteiger partial charge in [0.2, 0.25) is 0 Å². The Hall–Kier alpha value is -0.160. The van der Waals surface area contributed by atoms with Crippen LogP contribution in [0.2, 0.25) is 0 Å². The van der Waals surface area contributed by atoms with Crippen LogP contribution in [0.5, 0.6) is 0 Å². The van der Waals surface area contributed by atoms with Crippen LogP contribution in [0.1, 0.15) is 33.1 Å². The molecule has 1 spiro atoms. The van der Waals surface area contributed by atoms with Gasteiger partial charge in [0.15, 0.2) is 0 Å². The fourth-order valence-electron chi connectivity index (χ4n) is 2.62. The molecule has 0 aromatic rings. The Balaban J connectivity index is 1.67. The minimum absolute atomic E-state index is 0.00875. The molecule has 0 radical (unpaired) electrons. The summed E-state index contributed by atoms with van der Waals surface area (Å²) in [5, 5.41) is 3.57. The van der Waals surface area contributed by atoms with E-state index in [4.69, 9.17) is 14.2 Å². The van der Waals surface area contributed by atoms with Gasteiger partial charge < -0.3 is 19.5 Å². The summed E-state index contributed by atoms with van der Waals surface area (Å²) in [6.07, 6.45) is 3.55. The molecule has 4 nitrogen and oxygen atoms in total. The van der Waals surface area contributed by atoms with E-state index in [9.17, 15) is 0 Å². The molecule has 2 fully saturated rings.